The molecular formula is C18H19ClN2O. The van der Waals surface area contributed by atoms with E-state index in [9.17, 15) is 5.11 Å². The first-order valence-corrected chi connectivity index (χ1v) is 7.53. The van der Waals surface area contributed by atoms with Gasteiger partial charge in [0.15, 0.2) is 0 Å². The summed E-state index contributed by atoms with van der Waals surface area (Å²) in [7, 11) is 1.98. The molecule has 0 aromatic heterocycles. The number of hydrogen-bond acceptors (Lipinski definition) is 3. The number of aliphatic hydroxyl groups is 1. The van der Waals surface area contributed by atoms with E-state index >= 15 is 0 Å². The molecule has 3 nitrogen and oxygen atoms in total. The molecular weight excluding hydrogens is 296 g/mol. The number of rotatable bonds is 5. The molecule has 0 heterocycles. The summed E-state index contributed by atoms with van der Waals surface area (Å²) < 4.78 is 0. The normalized spacial score (nSPS) is 13.6. The van der Waals surface area contributed by atoms with Crippen molar-refractivity contribution in [2.45, 2.75) is 19.1 Å². The largest absolute Gasteiger partial charge is 0.387 e. The van der Waals surface area contributed by atoms with Crippen LogP contribution in [0.4, 0.5) is 0 Å². The molecule has 0 aliphatic heterocycles. The summed E-state index contributed by atoms with van der Waals surface area (Å²) in [5, 5.41) is 19.9. The van der Waals surface area contributed by atoms with Crippen LogP contribution in [0.1, 0.15) is 35.8 Å². The van der Waals surface area contributed by atoms with Gasteiger partial charge in [-0.05, 0) is 49.4 Å². The zero-order valence-corrected chi connectivity index (χ0v) is 13.5. The summed E-state index contributed by atoms with van der Waals surface area (Å²) in [6.07, 6.45) is -0.590. The maximum absolute atomic E-state index is 10.3. The summed E-state index contributed by atoms with van der Waals surface area (Å²) in [6.45, 7) is 2.60. The van der Waals surface area contributed by atoms with Gasteiger partial charge < -0.3 is 5.11 Å². The zero-order chi connectivity index (χ0) is 16.1. The fourth-order valence-electron chi connectivity index (χ4n) is 2.31. The summed E-state index contributed by atoms with van der Waals surface area (Å²) >= 11 is 5.91. The van der Waals surface area contributed by atoms with Gasteiger partial charge in [0, 0.05) is 17.6 Å². The number of likely N-dealkylation sites (N-methyl/N-ethyl adjacent to an activating group) is 1. The van der Waals surface area contributed by atoms with Crippen LogP contribution >= 0.6 is 11.6 Å². The first-order chi connectivity index (χ1) is 10.5. The van der Waals surface area contributed by atoms with Gasteiger partial charge in [0.05, 0.1) is 17.7 Å². The van der Waals surface area contributed by atoms with E-state index in [1.54, 1.807) is 24.3 Å². The van der Waals surface area contributed by atoms with E-state index in [-0.39, 0.29) is 6.04 Å². The molecule has 1 N–H and O–H groups in total. The SMILES string of the molecule is CC(c1ccc(Cl)cc1)N(C)CC(O)c1ccc(C#N)cc1. The lowest BCUT2D eigenvalue weighted by atomic mass is 10.0. The molecule has 0 bridgehead atoms. The lowest BCUT2D eigenvalue weighted by Crippen LogP contribution is -2.27. The smallest absolute Gasteiger partial charge is 0.0991 e. The van der Waals surface area contributed by atoms with Gasteiger partial charge in [0.2, 0.25) is 0 Å². The Kier molecular flexibility index (Phi) is 5.57. The second-order valence-corrected chi connectivity index (χ2v) is 5.85. The van der Waals surface area contributed by atoms with Crippen LogP contribution in [0, 0.1) is 11.3 Å². The maximum atomic E-state index is 10.3. The average molecular weight is 315 g/mol. The van der Waals surface area contributed by atoms with Crippen molar-refractivity contribution < 1.29 is 5.11 Å². The fraction of sp³-hybridized carbons (Fsp3) is 0.278. The van der Waals surface area contributed by atoms with Crippen molar-refractivity contribution in [3.63, 3.8) is 0 Å². The molecule has 0 saturated carbocycles. The van der Waals surface area contributed by atoms with Gasteiger partial charge >= 0.3 is 0 Å². The molecule has 0 radical (unpaired) electrons. The van der Waals surface area contributed by atoms with Gasteiger partial charge in [-0.15, -0.1) is 0 Å². The highest BCUT2D eigenvalue weighted by atomic mass is 35.5. The highest BCUT2D eigenvalue weighted by molar-refractivity contribution is 6.30. The third-order valence-electron chi connectivity index (χ3n) is 3.90. The maximum Gasteiger partial charge on any atom is 0.0991 e. The van der Waals surface area contributed by atoms with E-state index in [4.69, 9.17) is 16.9 Å². The molecule has 0 aliphatic rings. The molecule has 2 unspecified atom stereocenters. The quantitative estimate of drug-likeness (QED) is 0.909. The second kappa shape index (κ2) is 7.42. The van der Waals surface area contributed by atoms with E-state index in [0.29, 0.717) is 12.1 Å². The zero-order valence-electron chi connectivity index (χ0n) is 12.7. The standard InChI is InChI=1S/C18H19ClN2O/c1-13(15-7-9-17(19)10-8-15)21(2)12-18(22)16-5-3-14(11-20)4-6-16/h3-10,13,18,22H,12H2,1-2H3. The van der Waals surface area contributed by atoms with Crippen molar-refractivity contribution in [2.24, 2.45) is 0 Å². The number of nitriles is 1. The van der Waals surface area contributed by atoms with Gasteiger partial charge in [0.1, 0.15) is 0 Å². The summed E-state index contributed by atoms with van der Waals surface area (Å²) in [6, 6.07) is 17.0. The van der Waals surface area contributed by atoms with Crippen molar-refractivity contribution in [1.82, 2.24) is 4.90 Å². The van der Waals surface area contributed by atoms with Gasteiger partial charge in [-0.3, -0.25) is 4.90 Å². The molecule has 0 aliphatic carbocycles. The fourth-order valence-corrected chi connectivity index (χ4v) is 2.44. The first-order valence-electron chi connectivity index (χ1n) is 7.15. The molecule has 0 fully saturated rings. The number of nitrogens with zero attached hydrogens (tertiary/aromatic N) is 2. The van der Waals surface area contributed by atoms with Gasteiger partial charge in [0.25, 0.3) is 0 Å². The number of benzene rings is 2. The Hall–Kier alpha value is -1.86. The van der Waals surface area contributed by atoms with Crippen LogP contribution in [0.5, 0.6) is 0 Å². The second-order valence-electron chi connectivity index (χ2n) is 5.42. The van der Waals surface area contributed by atoms with Crippen LogP contribution in [0.3, 0.4) is 0 Å². The minimum Gasteiger partial charge on any atom is -0.387 e. The summed E-state index contributed by atoms with van der Waals surface area (Å²) in [4.78, 5) is 2.09. The van der Waals surface area contributed by atoms with Crippen LogP contribution in [0.25, 0.3) is 0 Å². The first kappa shape index (κ1) is 16.5. The van der Waals surface area contributed by atoms with Crippen LogP contribution in [0.15, 0.2) is 48.5 Å². The van der Waals surface area contributed by atoms with Crippen LogP contribution < -0.4 is 0 Å². The Balaban J connectivity index is 2.02. The molecule has 22 heavy (non-hydrogen) atoms. The monoisotopic (exact) mass is 314 g/mol. The van der Waals surface area contributed by atoms with Gasteiger partial charge in [-0.1, -0.05) is 35.9 Å². The lowest BCUT2D eigenvalue weighted by molar-refractivity contribution is 0.108. The highest BCUT2D eigenvalue weighted by Crippen LogP contribution is 2.23. The summed E-state index contributed by atoms with van der Waals surface area (Å²) in [5.74, 6) is 0. The molecule has 2 aromatic rings. The van der Waals surface area contributed by atoms with Crippen molar-refractivity contribution in [3.05, 3.63) is 70.2 Å². The minimum atomic E-state index is -0.590. The molecule has 114 valence electrons. The molecule has 2 aromatic carbocycles. The predicted molar refractivity (Wildman–Crippen MR) is 88.6 cm³/mol. The summed E-state index contributed by atoms with van der Waals surface area (Å²) in [5.41, 5.74) is 2.56. The molecule has 0 amide bonds. The third-order valence-corrected chi connectivity index (χ3v) is 4.15. The Labute approximate surface area is 136 Å². The van der Waals surface area contributed by atoms with Crippen LogP contribution in [-0.2, 0) is 0 Å². The van der Waals surface area contributed by atoms with E-state index in [1.165, 1.54) is 0 Å². The van der Waals surface area contributed by atoms with Crippen molar-refractivity contribution in [1.29, 1.82) is 5.26 Å². The van der Waals surface area contributed by atoms with Gasteiger partial charge in [-0.25, -0.2) is 0 Å². The van der Waals surface area contributed by atoms with Crippen LogP contribution in [0.2, 0.25) is 5.02 Å². The minimum absolute atomic E-state index is 0.172. The number of aliphatic hydroxyl groups excluding tert-OH is 1. The van der Waals surface area contributed by atoms with Crippen molar-refractivity contribution in [3.8, 4) is 6.07 Å². The highest BCUT2D eigenvalue weighted by Gasteiger charge is 2.16. The van der Waals surface area contributed by atoms with E-state index in [0.717, 1.165) is 16.1 Å². The third kappa shape index (κ3) is 4.08. The molecule has 0 saturated heterocycles. The van der Waals surface area contributed by atoms with Crippen molar-refractivity contribution >= 4 is 11.6 Å². The van der Waals surface area contributed by atoms with Crippen molar-refractivity contribution in [2.75, 3.05) is 13.6 Å². The Bertz CT molecular complexity index is 646. The Morgan fingerprint density at radius 3 is 2.18 bits per heavy atom. The van der Waals surface area contributed by atoms with E-state index < -0.39 is 6.10 Å². The molecule has 0 spiro atoms. The Morgan fingerprint density at radius 1 is 1.09 bits per heavy atom. The average Bonchev–Trinajstić information content (AvgIpc) is 2.54. The molecule has 2 atom stereocenters. The molecule has 2 rings (SSSR count). The molecule has 4 heteroatoms. The van der Waals surface area contributed by atoms with Gasteiger partial charge in [-0.2, -0.15) is 5.26 Å². The Morgan fingerprint density at radius 2 is 1.64 bits per heavy atom. The predicted octanol–water partition coefficient (Wildman–Crippen LogP) is 3.94. The van der Waals surface area contributed by atoms with Crippen LogP contribution in [-0.4, -0.2) is 23.6 Å². The number of halogens is 1. The topological polar surface area (TPSA) is 47.3 Å². The number of hydrogen-bond donors (Lipinski definition) is 1. The van der Waals surface area contributed by atoms with E-state index in [2.05, 4.69) is 17.9 Å². The lowest BCUT2D eigenvalue weighted by Gasteiger charge is -2.27. The van der Waals surface area contributed by atoms with E-state index in [1.807, 2.05) is 31.3 Å².